The normalized spacial score (nSPS) is 14.0. The lowest BCUT2D eigenvalue weighted by Crippen LogP contribution is -2.59. The second-order valence-electron chi connectivity index (χ2n) is 11.5. The van der Waals surface area contributed by atoms with Crippen LogP contribution in [0.2, 0.25) is 0 Å². The van der Waals surface area contributed by atoms with Gasteiger partial charge in [-0.25, -0.2) is 23.6 Å². The van der Waals surface area contributed by atoms with Gasteiger partial charge in [-0.15, -0.1) is 0 Å². The predicted octanol–water partition coefficient (Wildman–Crippen LogP) is 4.27. The zero-order valence-corrected chi connectivity index (χ0v) is 28.5. The van der Waals surface area contributed by atoms with Gasteiger partial charge in [0.2, 0.25) is 5.91 Å². The number of hydrogen-bond donors (Lipinski definition) is 2. The van der Waals surface area contributed by atoms with Crippen LogP contribution < -0.4 is 35.6 Å². The van der Waals surface area contributed by atoms with E-state index in [2.05, 4.69) is 15.4 Å². The van der Waals surface area contributed by atoms with Gasteiger partial charge in [-0.1, -0.05) is 19.1 Å². The second kappa shape index (κ2) is 15.6. The molecule has 1 saturated heterocycles. The minimum Gasteiger partial charge on any atom is -0.497 e. The number of halogens is 1. The van der Waals surface area contributed by atoms with Crippen LogP contribution in [0.4, 0.5) is 25.4 Å². The van der Waals surface area contributed by atoms with Crippen LogP contribution in [0.5, 0.6) is 11.5 Å². The molecule has 3 aromatic carbocycles. The molecule has 0 bridgehead atoms. The summed E-state index contributed by atoms with van der Waals surface area (Å²) in [6, 6.07) is 15.0. The highest BCUT2D eigenvalue weighted by Gasteiger charge is 2.34. The fourth-order valence-electron chi connectivity index (χ4n) is 5.87. The van der Waals surface area contributed by atoms with Crippen molar-refractivity contribution < 1.29 is 33.0 Å². The standard InChI is InChI=1S/C35H40FN7O7/c1-6-27(39-35(47)50-5)33(45)40-17-19-41(20-18-40)43-31(38-28-10-8-7-9-26(28)32(43)44)22(2)42(29-16-15-25(48-3)21-30(29)49-4)34(46)37-24-13-11-23(36)12-14-24/h7-16,21-22,27H,6,17-20H2,1-5H3,(H,37,46)(H,39,47). The Morgan fingerprint density at radius 2 is 1.66 bits per heavy atom. The number of anilines is 2. The monoisotopic (exact) mass is 689 g/mol. The lowest BCUT2D eigenvalue weighted by Gasteiger charge is -2.40. The third-order valence-electron chi connectivity index (χ3n) is 8.53. The molecule has 4 amide bonds. The number of aromatic nitrogens is 2. The second-order valence-corrected chi connectivity index (χ2v) is 11.5. The van der Waals surface area contributed by atoms with Crippen molar-refractivity contribution in [1.29, 1.82) is 0 Å². The number of nitrogens with one attached hydrogen (secondary N) is 2. The van der Waals surface area contributed by atoms with Crippen molar-refractivity contribution in [2.75, 3.05) is 62.7 Å². The quantitative estimate of drug-likeness (QED) is 0.249. The highest BCUT2D eigenvalue weighted by atomic mass is 19.1. The Labute approximate surface area is 288 Å². The number of piperazine rings is 1. The van der Waals surface area contributed by atoms with Crippen molar-refractivity contribution in [2.45, 2.75) is 32.4 Å². The molecule has 1 fully saturated rings. The van der Waals surface area contributed by atoms with Gasteiger partial charge < -0.3 is 34.8 Å². The van der Waals surface area contributed by atoms with E-state index in [1.807, 2.05) is 0 Å². The molecule has 2 N–H and O–H groups in total. The summed E-state index contributed by atoms with van der Waals surface area (Å²) in [7, 11) is 4.21. The van der Waals surface area contributed by atoms with E-state index in [4.69, 9.17) is 14.5 Å². The van der Waals surface area contributed by atoms with E-state index < -0.39 is 30.0 Å². The van der Waals surface area contributed by atoms with Crippen molar-refractivity contribution in [1.82, 2.24) is 19.9 Å². The van der Waals surface area contributed by atoms with E-state index in [0.29, 0.717) is 40.2 Å². The Bertz CT molecular complexity index is 1910. The molecular formula is C35H40FN7O7. The number of methoxy groups -OCH3 is 3. The molecule has 14 nitrogen and oxygen atoms in total. The van der Waals surface area contributed by atoms with Crippen LogP contribution in [0.3, 0.4) is 0 Å². The summed E-state index contributed by atoms with van der Waals surface area (Å²) in [6.07, 6.45) is -0.327. The van der Waals surface area contributed by atoms with Crippen LogP contribution in [-0.2, 0) is 9.53 Å². The molecule has 0 radical (unpaired) electrons. The predicted molar refractivity (Wildman–Crippen MR) is 186 cm³/mol. The Hall–Kier alpha value is -5.86. The summed E-state index contributed by atoms with van der Waals surface area (Å²) in [5.41, 5.74) is 0.785. The number of urea groups is 1. The van der Waals surface area contributed by atoms with Gasteiger partial charge in [0, 0.05) is 24.8 Å². The van der Waals surface area contributed by atoms with Gasteiger partial charge in [-0.3, -0.25) is 14.5 Å². The molecule has 15 heteroatoms. The number of fused-ring (bicyclic) bond motifs is 1. The first kappa shape index (κ1) is 35.4. The maximum Gasteiger partial charge on any atom is 0.407 e. The third-order valence-corrected chi connectivity index (χ3v) is 8.53. The molecule has 2 atom stereocenters. The van der Waals surface area contributed by atoms with Crippen LogP contribution in [0.25, 0.3) is 10.9 Å². The Kier molecular flexibility index (Phi) is 11.0. The average molecular weight is 690 g/mol. The lowest BCUT2D eigenvalue weighted by atomic mass is 10.1. The molecule has 4 aromatic rings. The Balaban J connectivity index is 1.56. The van der Waals surface area contributed by atoms with Crippen LogP contribution >= 0.6 is 0 Å². The minimum atomic E-state index is -0.886. The molecule has 1 aliphatic heterocycles. The summed E-state index contributed by atoms with van der Waals surface area (Å²) in [5.74, 6) is 0.349. The van der Waals surface area contributed by atoms with E-state index in [0.717, 1.165) is 0 Å². The zero-order chi connectivity index (χ0) is 35.9. The van der Waals surface area contributed by atoms with Crippen LogP contribution in [0.1, 0.15) is 32.1 Å². The number of alkyl carbamates (subject to hydrolysis) is 1. The summed E-state index contributed by atoms with van der Waals surface area (Å²) in [5, 5.41) is 7.57. The van der Waals surface area contributed by atoms with Gasteiger partial charge >= 0.3 is 12.1 Å². The third kappa shape index (κ3) is 7.41. The van der Waals surface area contributed by atoms with Gasteiger partial charge in [0.15, 0.2) is 5.82 Å². The number of amides is 4. The molecular weight excluding hydrogens is 649 g/mol. The van der Waals surface area contributed by atoms with Crippen molar-refractivity contribution in [3.63, 3.8) is 0 Å². The van der Waals surface area contributed by atoms with Crippen molar-refractivity contribution >= 4 is 40.3 Å². The lowest BCUT2D eigenvalue weighted by molar-refractivity contribution is -0.133. The first-order valence-corrected chi connectivity index (χ1v) is 16.1. The molecule has 0 spiro atoms. The first-order valence-electron chi connectivity index (χ1n) is 16.1. The molecule has 5 rings (SSSR count). The average Bonchev–Trinajstić information content (AvgIpc) is 3.14. The van der Waals surface area contributed by atoms with E-state index in [-0.39, 0.29) is 43.5 Å². The fraction of sp³-hybridized carbons (Fsp3) is 0.343. The van der Waals surface area contributed by atoms with Crippen molar-refractivity contribution in [3.05, 3.63) is 88.7 Å². The maximum atomic E-state index is 14.3. The van der Waals surface area contributed by atoms with Gasteiger partial charge in [0.25, 0.3) is 5.56 Å². The minimum absolute atomic E-state index is 0.249. The highest BCUT2D eigenvalue weighted by molar-refractivity contribution is 6.03. The molecule has 264 valence electrons. The SMILES string of the molecule is CCC(NC(=O)OC)C(=O)N1CCN(n2c(C(C)N(C(=O)Nc3ccc(F)cc3)c3ccc(OC)cc3OC)nc3ccccc3c2=O)CC1. The van der Waals surface area contributed by atoms with Crippen LogP contribution in [0, 0.1) is 5.82 Å². The largest absolute Gasteiger partial charge is 0.497 e. The Morgan fingerprint density at radius 1 is 0.960 bits per heavy atom. The van der Waals surface area contributed by atoms with Gasteiger partial charge in [0.1, 0.15) is 23.4 Å². The zero-order valence-electron chi connectivity index (χ0n) is 28.5. The summed E-state index contributed by atoms with van der Waals surface area (Å²) < 4.78 is 30.9. The van der Waals surface area contributed by atoms with Crippen LogP contribution in [-0.4, -0.2) is 86.1 Å². The van der Waals surface area contributed by atoms with E-state index in [1.54, 1.807) is 66.2 Å². The van der Waals surface area contributed by atoms with Gasteiger partial charge in [0.05, 0.1) is 57.1 Å². The number of hydrogen-bond acceptors (Lipinski definition) is 9. The van der Waals surface area contributed by atoms with Gasteiger partial charge in [-0.2, -0.15) is 0 Å². The smallest absolute Gasteiger partial charge is 0.407 e. The number of rotatable bonds is 10. The molecule has 1 aliphatic rings. The molecule has 50 heavy (non-hydrogen) atoms. The number of benzene rings is 3. The molecule has 2 unspecified atom stereocenters. The van der Waals surface area contributed by atoms with Crippen molar-refractivity contribution in [2.24, 2.45) is 0 Å². The molecule has 0 aliphatic carbocycles. The number of para-hydroxylation sites is 1. The van der Waals surface area contributed by atoms with E-state index in [1.165, 1.54) is 55.2 Å². The molecule has 0 saturated carbocycles. The van der Waals surface area contributed by atoms with E-state index in [9.17, 15) is 23.6 Å². The number of carbonyl (C=O) groups is 3. The number of nitrogens with zero attached hydrogens (tertiary/aromatic N) is 5. The fourth-order valence-corrected chi connectivity index (χ4v) is 5.87. The summed E-state index contributed by atoms with van der Waals surface area (Å²) >= 11 is 0. The first-order chi connectivity index (χ1) is 24.1. The van der Waals surface area contributed by atoms with Crippen LogP contribution in [0.15, 0.2) is 71.5 Å². The van der Waals surface area contributed by atoms with Crippen molar-refractivity contribution in [3.8, 4) is 11.5 Å². The number of carbonyl (C=O) groups excluding carboxylic acids is 3. The highest BCUT2D eigenvalue weighted by Crippen LogP contribution is 2.37. The Morgan fingerprint density at radius 3 is 2.30 bits per heavy atom. The van der Waals surface area contributed by atoms with E-state index >= 15 is 0 Å². The summed E-state index contributed by atoms with van der Waals surface area (Å²) in [6.45, 7) is 4.56. The topological polar surface area (TPSA) is 148 Å². The maximum absolute atomic E-state index is 14.3. The summed E-state index contributed by atoms with van der Waals surface area (Å²) in [4.78, 5) is 61.6. The number of ether oxygens (including phenoxy) is 3. The van der Waals surface area contributed by atoms with Gasteiger partial charge in [-0.05, 0) is 61.9 Å². The molecule has 1 aromatic heterocycles. The molecule has 2 heterocycles.